The lowest BCUT2D eigenvalue weighted by atomic mass is 9.89. The first-order valence-corrected chi connectivity index (χ1v) is 11.0. The number of benzene rings is 1. The van der Waals surface area contributed by atoms with Crippen LogP contribution in [0.25, 0.3) is 22.3 Å². The largest absolute Gasteiger partial charge is 0.373 e. The maximum atomic E-state index is 14.9. The molecular weight excluding hydrogens is 429 g/mol. The van der Waals surface area contributed by atoms with Crippen molar-refractivity contribution < 1.29 is 9.13 Å². The van der Waals surface area contributed by atoms with E-state index in [-0.39, 0.29) is 12.0 Å². The van der Waals surface area contributed by atoms with Gasteiger partial charge in [-0.15, -0.1) is 0 Å². The van der Waals surface area contributed by atoms with Gasteiger partial charge in [0.15, 0.2) is 0 Å². The lowest BCUT2D eigenvalue weighted by Crippen LogP contribution is -2.19. The molecule has 4 heterocycles. The van der Waals surface area contributed by atoms with Crippen molar-refractivity contribution in [2.45, 2.75) is 38.7 Å². The highest BCUT2D eigenvalue weighted by molar-refractivity contribution is 6.30. The summed E-state index contributed by atoms with van der Waals surface area (Å²) in [6.45, 7) is 4.44. The quantitative estimate of drug-likeness (QED) is 0.413. The number of aryl methyl sites for hydroxylation is 3. The van der Waals surface area contributed by atoms with E-state index in [1.165, 1.54) is 6.07 Å². The smallest absolute Gasteiger partial charge is 0.134 e. The number of pyridine rings is 1. The van der Waals surface area contributed by atoms with Crippen molar-refractivity contribution in [2.75, 3.05) is 6.61 Å². The topological polar surface area (TPSA) is 65.7 Å². The molecule has 1 saturated heterocycles. The fourth-order valence-electron chi connectivity index (χ4n) is 4.23. The number of ether oxygens (including phenoxy) is 1. The molecular formula is C24H23ClFN5O. The molecule has 4 aromatic rings. The van der Waals surface area contributed by atoms with E-state index in [0.29, 0.717) is 33.9 Å². The summed E-state index contributed by atoms with van der Waals surface area (Å²) >= 11 is 5.99. The molecule has 0 bridgehead atoms. The predicted molar refractivity (Wildman–Crippen MR) is 121 cm³/mol. The molecule has 3 aromatic heterocycles. The molecule has 0 N–H and O–H groups in total. The van der Waals surface area contributed by atoms with E-state index in [2.05, 4.69) is 5.10 Å². The Balaban J connectivity index is 1.62. The van der Waals surface area contributed by atoms with Crippen molar-refractivity contribution in [3.05, 3.63) is 70.1 Å². The number of hydrogen-bond acceptors (Lipinski definition) is 5. The van der Waals surface area contributed by atoms with Crippen LogP contribution >= 0.6 is 11.6 Å². The molecule has 2 atom stereocenters. The summed E-state index contributed by atoms with van der Waals surface area (Å²) in [6, 6.07) is 6.62. The number of halogens is 2. The van der Waals surface area contributed by atoms with Crippen molar-refractivity contribution in [3.8, 4) is 11.3 Å². The lowest BCUT2D eigenvalue weighted by Gasteiger charge is -2.29. The Morgan fingerprint density at radius 3 is 2.69 bits per heavy atom. The van der Waals surface area contributed by atoms with Crippen LogP contribution in [-0.4, -0.2) is 31.3 Å². The van der Waals surface area contributed by atoms with Crippen LogP contribution in [0.1, 0.15) is 47.5 Å². The first-order chi connectivity index (χ1) is 15.4. The van der Waals surface area contributed by atoms with Gasteiger partial charge in [0, 0.05) is 47.6 Å². The highest BCUT2D eigenvalue weighted by atomic mass is 35.5. The van der Waals surface area contributed by atoms with E-state index >= 15 is 0 Å². The van der Waals surface area contributed by atoms with E-state index < -0.39 is 5.82 Å². The third-order valence-corrected chi connectivity index (χ3v) is 6.30. The molecule has 164 valence electrons. The molecule has 1 aliphatic heterocycles. The Kier molecular flexibility index (Phi) is 5.39. The molecule has 0 aliphatic carbocycles. The van der Waals surface area contributed by atoms with Crippen LogP contribution in [0.2, 0.25) is 5.02 Å². The van der Waals surface area contributed by atoms with Gasteiger partial charge in [-0.1, -0.05) is 11.6 Å². The van der Waals surface area contributed by atoms with E-state index in [1.54, 1.807) is 16.8 Å². The van der Waals surface area contributed by atoms with Gasteiger partial charge in [-0.3, -0.25) is 4.68 Å². The van der Waals surface area contributed by atoms with Crippen molar-refractivity contribution in [1.29, 1.82) is 0 Å². The van der Waals surface area contributed by atoms with Gasteiger partial charge in [-0.25, -0.2) is 19.3 Å². The van der Waals surface area contributed by atoms with Crippen LogP contribution in [0, 0.1) is 19.7 Å². The minimum atomic E-state index is -0.427. The monoisotopic (exact) mass is 451 g/mol. The summed E-state index contributed by atoms with van der Waals surface area (Å²) in [6.07, 6.45) is 5.36. The zero-order valence-electron chi connectivity index (χ0n) is 18.1. The van der Waals surface area contributed by atoms with Crippen molar-refractivity contribution in [2.24, 2.45) is 7.05 Å². The third kappa shape index (κ3) is 3.87. The SMILES string of the molecule is Cc1nc2cc([C@@H]3CCO[C@H](c4cnn(C)c4)C3)nc(-c3ccc(Cl)cc3F)c2nc1C. The van der Waals surface area contributed by atoms with Gasteiger partial charge in [0.25, 0.3) is 0 Å². The molecule has 1 aliphatic rings. The highest BCUT2D eigenvalue weighted by Crippen LogP contribution is 2.39. The first-order valence-electron chi connectivity index (χ1n) is 10.6. The Labute approximate surface area is 190 Å². The van der Waals surface area contributed by atoms with Crippen LogP contribution in [0.3, 0.4) is 0 Å². The summed E-state index contributed by atoms with van der Waals surface area (Å²) in [4.78, 5) is 14.4. The second kappa shape index (κ2) is 8.22. The van der Waals surface area contributed by atoms with E-state index in [0.717, 1.165) is 35.5 Å². The molecule has 0 spiro atoms. The van der Waals surface area contributed by atoms with E-state index in [1.807, 2.05) is 39.4 Å². The molecule has 5 rings (SSSR count). The number of nitrogens with zero attached hydrogens (tertiary/aromatic N) is 5. The molecule has 0 unspecified atom stereocenters. The number of rotatable bonds is 3. The molecule has 0 amide bonds. The maximum Gasteiger partial charge on any atom is 0.134 e. The Bertz CT molecular complexity index is 1320. The lowest BCUT2D eigenvalue weighted by molar-refractivity contribution is 0.00464. The van der Waals surface area contributed by atoms with Crippen LogP contribution in [0.4, 0.5) is 4.39 Å². The van der Waals surface area contributed by atoms with Gasteiger partial charge in [0.1, 0.15) is 17.0 Å². The van der Waals surface area contributed by atoms with Crippen LogP contribution in [-0.2, 0) is 11.8 Å². The second-order valence-corrected chi connectivity index (χ2v) is 8.75. The van der Waals surface area contributed by atoms with E-state index in [9.17, 15) is 4.39 Å². The molecule has 0 saturated carbocycles. The Hall–Kier alpha value is -2.90. The van der Waals surface area contributed by atoms with Crippen molar-refractivity contribution in [1.82, 2.24) is 24.7 Å². The molecule has 1 fully saturated rings. The maximum absolute atomic E-state index is 14.9. The second-order valence-electron chi connectivity index (χ2n) is 8.31. The van der Waals surface area contributed by atoms with Crippen molar-refractivity contribution in [3.63, 3.8) is 0 Å². The predicted octanol–water partition coefficient (Wildman–Crippen LogP) is 5.47. The summed E-state index contributed by atoms with van der Waals surface area (Å²) < 4.78 is 22.7. The average molecular weight is 452 g/mol. The standard InChI is InChI=1S/C24H23ClFN5O/c1-13-14(2)29-24-21(28-13)10-20(30-23(24)18-5-4-17(25)9-19(18)26)15-6-7-32-22(8-15)16-11-27-31(3)12-16/h4-5,9-12,15,22H,6-8H2,1-3H3/t15-,22+/m1/s1. The van der Waals surface area contributed by atoms with Gasteiger partial charge in [0.05, 0.1) is 29.2 Å². The van der Waals surface area contributed by atoms with Crippen molar-refractivity contribution >= 4 is 22.6 Å². The first kappa shape index (κ1) is 21.0. The molecule has 32 heavy (non-hydrogen) atoms. The number of hydrogen-bond donors (Lipinski definition) is 0. The number of fused-ring (bicyclic) bond motifs is 1. The fraction of sp³-hybridized carbons (Fsp3) is 0.333. The molecule has 8 heteroatoms. The zero-order chi connectivity index (χ0) is 22.4. The van der Waals surface area contributed by atoms with Crippen LogP contribution in [0.15, 0.2) is 36.7 Å². The van der Waals surface area contributed by atoms with Crippen LogP contribution in [0.5, 0.6) is 0 Å². The molecule has 0 radical (unpaired) electrons. The highest BCUT2D eigenvalue weighted by Gasteiger charge is 2.28. The number of aromatic nitrogens is 5. The van der Waals surface area contributed by atoms with Crippen LogP contribution < -0.4 is 0 Å². The van der Waals surface area contributed by atoms with Gasteiger partial charge in [-0.2, -0.15) is 5.10 Å². The molecule has 6 nitrogen and oxygen atoms in total. The average Bonchev–Trinajstić information content (AvgIpc) is 3.21. The fourth-order valence-corrected chi connectivity index (χ4v) is 4.39. The Morgan fingerprint density at radius 2 is 1.94 bits per heavy atom. The summed E-state index contributed by atoms with van der Waals surface area (Å²) in [5.41, 5.74) is 5.73. The minimum absolute atomic E-state index is 0.0542. The van der Waals surface area contributed by atoms with E-state index in [4.69, 9.17) is 31.3 Å². The normalized spacial score (nSPS) is 18.9. The summed E-state index contributed by atoms with van der Waals surface area (Å²) in [5, 5.41) is 4.61. The van der Waals surface area contributed by atoms with Gasteiger partial charge >= 0.3 is 0 Å². The third-order valence-electron chi connectivity index (χ3n) is 6.07. The summed E-state index contributed by atoms with van der Waals surface area (Å²) in [7, 11) is 1.89. The zero-order valence-corrected chi connectivity index (χ0v) is 18.9. The van der Waals surface area contributed by atoms with Gasteiger partial charge in [-0.05, 0) is 51.0 Å². The van der Waals surface area contributed by atoms with Gasteiger partial charge < -0.3 is 4.74 Å². The molecule has 1 aromatic carbocycles. The Morgan fingerprint density at radius 1 is 1.12 bits per heavy atom. The minimum Gasteiger partial charge on any atom is -0.373 e. The summed E-state index contributed by atoms with van der Waals surface area (Å²) in [5.74, 6) is -0.278. The van der Waals surface area contributed by atoms with Gasteiger partial charge in [0.2, 0.25) is 0 Å².